The largest absolute Gasteiger partial charge is 0.346 e. The molecule has 0 amide bonds. The van der Waals surface area contributed by atoms with Gasteiger partial charge in [0.15, 0.2) is 6.29 Å². The maximum absolute atomic E-state index is 5.69. The van der Waals surface area contributed by atoms with Crippen LogP contribution in [0.4, 0.5) is 0 Å². The van der Waals surface area contributed by atoms with Crippen molar-refractivity contribution in [3.05, 3.63) is 18.0 Å². The molecule has 0 N–H and O–H groups in total. The molecular weight excluding hydrogens is 216 g/mol. The van der Waals surface area contributed by atoms with Crippen molar-refractivity contribution in [3.8, 4) is 0 Å². The molecule has 0 saturated carbocycles. The highest BCUT2D eigenvalue weighted by molar-refractivity contribution is 6.18. The molecule has 84 valence electrons. The van der Waals surface area contributed by atoms with E-state index in [9.17, 15) is 0 Å². The molecule has 2 heterocycles. The van der Waals surface area contributed by atoms with Crippen LogP contribution in [-0.4, -0.2) is 28.4 Å². The van der Waals surface area contributed by atoms with E-state index >= 15 is 0 Å². The second-order valence-electron chi connectivity index (χ2n) is 3.93. The first-order chi connectivity index (χ1) is 7.20. The summed E-state index contributed by atoms with van der Waals surface area (Å²) < 4.78 is 12.9. The monoisotopic (exact) mass is 230 g/mol. The minimum absolute atomic E-state index is 0.000864. The highest BCUT2D eigenvalue weighted by Gasteiger charge is 2.27. The highest BCUT2D eigenvalue weighted by atomic mass is 35.5. The Morgan fingerprint density at radius 2 is 2.47 bits per heavy atom. The van der Waals surface area contributed by atoms with E-state index in [0.29, 0.717) is 18.5 Å². The maximum atomic E-state index is 5.69. The molecule has 4 nitrogen and oxygen atoms in total. The van der Waals surface area contributed by atoms with Crippen LogP contribution in [-0.2, 0) is 9.47 Å². The standard InChI is InChI=1S/C10H15ClN2O2/c1-7(2)13-5-8(4-12-13)10-14-6-9(3-11)15-10/h4-5,7,9-10H,3,6H2,1-2H3. The van der Waals surface area contributed by atoms with Gasteiger partial charge in [-0.1, -0.05) is 0 Å². The fraction of sp³-hybridized carbons (Fsp3) is 0.700. The lowest BCUT2D eigenvalue weighted by Gasteiger charge is -2.07. The Labute approximate surface area is 94.1 Å². The minimum Gasteiger partial charge on any atom is -0.346 e. The Morgan fingerprint density at radius 1 is 1.67 bits per heavy atom. The summed E-state index contributed by atoms with van der Waals surface area (Å²) in [6.45, 7) is 4.71. The minimum atomic E-state index is -0.304. The summed E-state index contributed by atoms with van der Waals surface area (Å²) in [6.07, 6.45) is 3.42. The van der Waals surface area contributed by atoms with Crippen LogP contribution in [0.1, 0.15) is 31.7 Å². The molecule has 2 atom stereocenters. The van der Waals surface area contributed by atoms with Crippen LogP contribution in [0.3, 0.4) is 0 Å². The van der Waals surface area contributed by atoms with Gasteiger partial charge in [0.1, 0.15) is 0 Å². The number of alkyl halides is 1. The van der Waals surface area contributed by atoms with Crippen LogP contribution in [0.15, 0.2) is 12.4 Å². The van der Waals surface area contributed by atoms with Gasteiger partial charge in [0.25, 0.3) is 0 Å². The maximum Gasteiger partial charge on any atom is 0.187 e. The van der Waals surface area contributed by atoms with Crippen molar-refractivity contribution in [1.82, 2.24) is 9.78 Å². The van der Waals surface area contributed by atoms with Gasteiger partial charge in [-0.15, -0.1) is 11.6 Å². The Balaban J connectivity index is 2.04. The number of aromatic nitrogens is 2. The Hall–Kier alpha value is -0.580. The van der Waals surface area contributed by atoms with Crippen LogP contribution >= 0.6 is 11.6 Å². The summed E-state index contributed by atoms with van der Waals surface area (Å²) in [5, 5.41) is 4.23. The third-order valence-electron chi connectivity index (χ3n) is 2.34. The van der Waals surface area contributed by atoms with Gasteiger partial charge in [0, 0.05) is 17.8 Å². The van der Waals surface area contributed by atoms with Crippen molar-refractivity contribution in [3.63, 3.8) is 0 Å². The zero-order valence-corrected chi connectivity index (χ0v) is 9.65. The molecule has 0 spiro atoms. The fourth-order valence-corrected chi connectivity index (χ4v) is 1.62. The third kappa shape index (κ3) is 2.33. The van der Waals surface area contributed by atoms with Gasteiger partial charge in [-0.2, -0.15) is 5.10 Å². The van der Waals surface area contributed by atoms with Crippen LogP contribution in [0.5, 0.6) is 0 Å². The molecule has 1 aliphatic heterocycles. The first-order valence-electron chi connectivity index (χ1n) is 5.07. The molecule has 2 unspecified atom stereocenters. The van der Waals surface area contributed by atoms with Gasteiger partial charge < -0.3 is 9.47 Å². The van der Waals surface area contributed by atoms with Crippen molar-refractivity contribution in [2.75, 3.05) is 12.5 Å². The molecule has 0 bridgehead atoms. The Morgan fingerprint density at radius 3 is 3.00 bits per heavy atom. The van der Waals surface area contributed by atoms with Crippen LogP contribution in [0.2, 0.25) is 0 Å². The van der Waals surface area contributed by atoms with E-state index in [1.54, 1.807) is 6.20 Å². The van der Waals surface area contributed by atoms with E-state index in [1.165, 1.54) is 0 Å². The van der Waals surface area contributed by atoms with Gasteiger partial charge in [-0.3, -0.25) is 4.68 Å². The van der Waals surface area contributed by atoms with Gasteiger partial charge >= 0.3 is 0 Å². The summed E-state index contributed by atoms with van der Waals surface area (Å²) in [5.74, 6) is 0.467. The smallest absolute Gasteiger partial charge is 0.187 e. The first kappa shape index (κ1) is 10.9. The lowest BCUT2D eigenvalue weighted by atomic mass is 10.3. The fourth-order valence-electron chi connectivity index (χ4n) is 1.46. The molecular formula is C10H15ClN2O2. The summed E-state index contributed by atoms with van der Waals surface area (Å²) in [7, 11) is 0. The topological polar surface area (TPSA) is 36.3 Å². The van der Waals surface area contributed by atoms with Crippen LogP contribution in [0.25, 0.3) is 0 Å². The van der Waals surface area contributed by atoms with Crippen molar-refractivity contribution >= 4 is 11.6 Å². The molecule has 0 aliphatic carbocycles. The van der Waals surface area contributed by atoms with Crippen LogP contribution < -0.4 is 0 Å². The SMILES string of the molecule is CC(C)n1cc(C2OCC(CCl)O2)cn1. The Kier molecular flexibility index (Phi) is 3.29. The van der Waals surface area contributed by atoms with Crippen LogP contribution in [0, 0.1) is 0 Å². The van der Waals surface area contributed by atoms with Gasteiger partial charge in [-0.05, 0) is 13.8 Å². The van der Waals surface area contributed by atoms with E-state index in [4.69, 9.17) is 21.1 Å². The molecule has 0 radical (unpaired) electrons. The number of ether oxygens (including phenoxy) is 2. The molecule has 0 aromatic carbocycles. The van der Waals surface area contributed by atoms with Crippen molar-refractivity contribution in [1.29, 1.82) is 0 Å². The van der Waals surface area contributed by atoms with Gasteiger partial charge in [0.2, 0.25) is 0 Å². The molecule has 1 aromatic heterocycles. The highest BCUT2D eigenvalue weighted by Crippen LogP contribution is 2.27. The zero-order valence-electron chi connectivity index (χ0n) is 8.89. The van der Waals surface area contributed by atoms with Crippen molar-refractivity contribution < 1.29 is 9.47 Å². The average molecular weight is 231 g/mol. The quantitative estimate of drug-likeness (QED) is 0.747. The lowest BCUT2D eigenvalue weighted by molar-refractivity contribution is -0.0567. The summed E-state index contributed by atoms with van der Waals surface area (Å²) in [5.41, 5.74) is 0.955. The Bertz CT molecular complexity index is 327. The number of hydrogen-bond donors (Lipinski definition) is 0. The van der Waals surface area contributed by atoms with E-state index in [1.807, 2.05) is 10.9 Å². The molecule has 15 heavy (non-hydrogen) atoms. The second kappa shape index (κ2) is 4.51. The molecule has 1 aliphatic rings. The number of hydrogen-bond acceptors (Lipinski definition) is 3. The van der Waals surface area contributed by atoms with Gasteiger partial charge in [-0.25, -0.2) is 0 Å². The first-order valence-corrected chi connectivity index (χ1v) is 5.61. The van der Waals surface area contributed by atoms with E-state index < -0.39 is 0 Å². The average Bonchev–Trinajstić information content (AvgIpc) is 2.86. The number of rotatable bonds is 3. The second-order valence-corrected chi connectivity index (χ2v) is 4.23. The predicted molar refractivity (Wildman–Crippen MR) is 56.9 cm³/mol. The normalized spacial score (nSPS) is 26.4. The summed E-state index contributed by atoms with van der Waals surface area (Å²) in [6, 6.07) is 0.351. The number of nitrogens with zero attached hydrogens (tertiary/aromatic N) is 2. The van der Waals surface area contributed by atoms with E-state index in [0.717, 1.165) is 5.56 Å². The zero-order chi connectivity index (χ0) is 10.8. The molecule has 2 rings (SSSR count). The third-order valence-corrected chi connectivity index (χ3v) is 2.69. The van der Waals surface area contributed by atoms with Gasteiger partial charge in [0.05, 0.1) is 24.8 Å². The predicted octanol–water partition coefficient (Wildman–Crippen LogP) is 2.12. The summed E-state index contributed by atoms with van der Waals surface area (Å²) in [4.78, 5) is 0. The molecule has 1 aromatic rings. The van der Waals surface area contributed by atoms with Crippen molar-refractivity contribution in [2.45, 2.75) is 32.3 Å². The summed E-state index contributed by atoms with van der Waals surface area (Å²) >= 11 is 5.69. The number of halogens is 1. The van der Waals surface area contributed by atoms with E-state index in [-0.39, 0.29) is 12.4 Å². The lowest BCUT2D eigenvalue weighted by Crippen LogP contribution is -2.10. The molecule has 5 heteroatoms. The van der Waals surface area contributed by atoms with E-state index in [2.05, 4.69) is 18.9 Å². The molecule has 1 fully saturated rings. The van der Waals surface area contributed by atoms with Crippen molar-refractivity contribution in [2.24, 2.45) is 0 Å². The molecule has 1 saturated heterocycles.